The molecule has 0 saturated heterocycles. The molecule has 0 unspecified atom stereocenters. The first kappa shape index (κ1) is 9.28. The van der Waals surface area contributed by atoms with Crippen molar-refractivity contribution in [3.05, 3.63) is 42.0 Å². The molecule has 0 N–H and O–H groups in total. The van der Waals surface area contributed by atoms with Gasteiger partial charge in [0.25, 0.3) is 0 Å². The molecule has 1 aliphatic heterocycles. The fourth-order valence-corrected chi connectivity index (χ4v) is 1.60. The van der Waals surface area contributed by atoms with Crippen LogP contribution in [-0.2, 0) is 11.2 Å². The average molecular weight is 190 g/mol. The van der Waals surface area contributed by atoms with Crippen molar-refractivity contribution in [3.63, 3.8) is 0 Å². The highest BCUT2D eigenvalue weighted by Gasteiger charge is 2.10. The van der Waals surface area contributed by atoms with Gasteiger partial charge in [-0.2, -0.15) is 0 Å². The third-order valence-electron chi connectivity index (χ3n) is 2.33. The van der Waals surface area contributed by atoms with Crippen LogP contribution in [0.25, 0.3) is 0 Å². The largest absolute Gasteiger partial charge is 0.497 e. The second-order valence-electron chi connectivity index (χ2n) is 3.36. The fraction of sp³-hybridized carbons (Fsp3) is 0.333. The van der Waals surface area contributed by atoms with E-state index in [2.05, 4.69) is 24.3 Å². The molecule has 0 aromatic heterocycles. The van der Waals surface area contributed by atoms with Crippen LogP contribution >= 0.6 is 0 Å². The smallest absolute Gasteiger partial charge is 0.119 e. The lowest BCUT2D eigenvalue weighted by Gasteiger charge is -2.09. The predicted molar refractivity (Wildman–Crippen MR) is 55.6 cm³/mol. The lowest BCUT2D eigenvalue weighted by molar-refractivity contribution is 0.128. The standard InChI is InChI=1S/C12H14O2/c1-13-11-5-2-4-10(8-11)9-12-6-3-7-14-12/h2-6,8,12H,7,9H2,1H3/t12-/m1/s1. The Morgan fingerprint density at radius 1 is 1.50 bits per heavy atom. The molecular weight excluding hydrogens is 176 g/mol. The molecule has 1 atom stereocenters. The molecule has 0 saturated carbocycles. The van der Waals surface area contributed by atoms with Crippen LogP contribution in [0.3, 0.4) is 0 Å². The van der Waals surface area contributed by atoms with E-state index in [0.29, 0.717) is 0 Å². The first-order valence-electron chi connectivity index (χ1n) is 4.79. The highest BCUT2D eigenvalue weighted by Crippen LogP contribution is 2.16. The summed E-state index contributed by atoms with van der Waals surface area (Å²) in [4.78, 5) is 0. The molecular formula is C12H14O2. The number of ether oxygens (including phenoxy) is 2. The number of benzene rings is 1. The molecule has 0 aliphatic carbocycles. The summed E-state index contributed by atoms with van der Waals surface area (Å²) in [5.41, 5.74) is 1.25. The van der Waals surface area contributed by atoms with E-state index in [4.69, 9.17) is 9.47 Å². The van der Waals surface area contributed by atoms with Crippen molar-refractivity contribution < 1.29 is 9.47 Å². The zero-order valence-electron chi connectivity index (χ0n) is 8.27. The SMILES string of the molecule is COc1cccc(C[C@H]2C=CCO2)c1. The molecule has 1 heterocycles. The Bertz CT molecular complexity index is 331. The molecule has 0 amide bonds. The van der Waals surface area contributed by atoms with Gasteiger partial charge in [-0.15, -0.1) is 0 Å². The molecule has 1 aliphatic rings. The van der Waals surface area contributed by atoms with Gasteiger partial charge in [0.2, 0.25) is 0 Å². The van der Waals surface area contributed by atoms with Gasteiger partial charge < -0.3 is 9.47 Å². The van der Waals surface area contributed by atoms with Crippen LogP contribution in [-0.4, -0.2) is 19.8 Å². The second kappa shape index (κ2) is 4.29. The summed E-state index contributed by atoms with van der Waals surface area (Å²) in [6.07, 6.45) is 5.33. The van der Waals surface area contributed by atoms with Gasteiger partial charge in [-0.25, -0.2) is 0 Å². The van der Waals surface area contributed by atoms with Crippen molar-refractivity contribution >= 4 is 0 Å². The van der Waals surface area contributed by atoms with Crippen molar-refractivity contribution in [2.45, 2.75) is 12.5 Å². The van der Waals surface area contributed by atoms with Crippen LogP contribution in [0.4, 0.5) is 0 Å². The van der Waals surface area contributed by atoms with Gasteiger partial charge in [-0.3, -0.25) is 0 Å². The normalized spacial score (nSPS) is 19.9. The maximum Gasteiger partial charge on any atom is 0.119 e. The molecule has 0 fully saturated rings. The summed E-state index contributed by atoms with van der Waals surface area (Å²) in [6, 6.07) is 8.11. The fourth-order valence-electron chi connectivity index (χ4n) is 1.60. The van der Waals surface area contributed by atoms with E-state index in [9.17, 15) is 0 Å². The molecule has 2 rings (SSSR count). The van der Waals surface area contributed by atoms with Gasteiger partial charge >= 0.3 is 0 Å². The topological polar surface area (TPSA) is 18.5 Å². The lowest BCUT2D eigenvalue weighted by Crippen LogP contribution is -2.08. The summed E-state index contributed by atoms with van der Waals surface area (Å²) in [7, 11) is 1.69. The molecule has 2 heteroatoms. The highest BCUT2D eigenvalue weighted by atomic mass is 16.5. The molecule has 1 aromatic rings. The van der Waals surface area contributed by atoms with E-state index in [1.54, 1.807) is 7.11 Å². The van der Waals surface area contributed by atoms with Gasteiger partial charge in [-0.05, 0) is 17.7 Å². The van der Waals surface area contributed by atoms with E-state index < -0.39 is 0 Å². The van der Waals surface area contributed by atoms with Crippen molar-refractivity contribution in [1.29, 1.82) is 0 Å². The minimum Gasteiger partial charge on any atom is -0.497 e. The zero-order valence-corrected chi connectivity index (χ0v) is 8.27. The van der Waals surface area contributed by atoms with Crippen LogP contribution in [0.15, 0.2) is 36.4 Å². The molecule has 74 valence electrons. The van der Waals surface area contributed by atoms with Crippen LogP contribution in [0.1, 0.15) is 5.56 Å². The third-order valence-corrected chi connectivity index (χ3v) is 2.33. The molecule has 0 bridgehead atoms. The van der Waals surface area contributed by atoms with E-state index in [1.807, 2.05) is 12.1 Å². The lowest BCUT2D eigenvalue weighted by atomic mass is 10.1. The zero-order chi connectivity index (χ0) is 9.80. The Hall–Kier alpha value is -1.28. The Morgan fingerprint density at radius 2 is 2.43 bits per heavy atom. The van der Waals surface area contributed by atoms with Crippen molar-refractivity contribution in [1.82, 2.24) is 0 Å². The first-order valence-corrected chi connectivity index (χ1v) is 4.79. The number of hydrogen-bond acceptors (Lipinski definition) is 2. The number of methoxy groups -OCH3 is 1. The Morgan fingerprint density at radius 3 is 3.14 bits per heavy atom. The summed E-state index contributed by atoms with van der Waals surface area (Å²) in [6.45, 7) is 0.745. The Balaban J connectivity index is 2.04. The van der Waals surface area contributed by atoms with Crippen LogP contribution < -0.4 is 4.74 Å². The summed E-state index contributed by atoms with van der Waals surface area (Å²) < 4.78 is 10.6. The van der Waals surface area contributed by atoms with Gasteiger partial charge in [0.15, 0.2) is 0 Å². The maximum absolute atomic E-state index is 5.48. The van der Waals surface area contributed by atoms with Gasteiger partial charge in [0.05, 0.1) is 19.8 Å². The maximum atomic E-state index is 5.48. The van der Waals surface area contributed by atoms with Gasteiger partial charge in [0, 0.05) is 6.42 Å². The Kier molecular flexibility index (Phi) is 2.84. The van der Waals surface area contributed by atoms with Gasteiger partial charge in [0.1, 0.15) is 5.75 Å². The second-order valence-corrected chi connectivity index (χ2v) is 3.36. The minimum absolute atomic E-state index is 0.238. The summed E-state index contributed by atoms with van der Waals surface area (Å²) in [5, 5.41) is 0. The molecule has 14 heavy (non-hydrogen) atoms. The third kappa shape index (κ3) is 2.15. The van der Waals surface area contributed by atoms with Crippen molar-refractivity contribution in [3.8, 4) is 5.75 Å². The minimum atomic E-state index is 0.238. The van der Waals surface area contributed by atoms with Crippen LogP contribution in [0.5, 0.6) is 5.75 Å². The molecule has 1 aromatic carbocycles. The summed E-state index contributed by atoms with van der Waals surface area (Å²) in [5.74, 6) is 0.907. The predicted octanol–water partition coefficient (Wildman–Crippen LogP) is 2.19. The highest BCUT2D eigenvalue weighted by molar-refractivity contribution is 5.29. The van der Waals surface area contributed by atoms with Crippen molar-refractivity contribution in [2.24, 2.45) is 0 Å². The molecule has 2 nitrogen and oxygen atoms in total. The van der Waals surface area contributed by atoms with E-state index >= 15 is 0 Å². The average Bonchev–Trinajstić information content (AvgIpc) is 2.71. The monoisotopic (exact) mass is 190 g/mol. The van der Waals surface area contributed by atoms with Crippen molar-refractivity contribution in [2.75, 3.05) is 13.7 Å². The summed E-state index contributed by atoms with van der Waals surface area (Å²) >= 11 is 0. The van der Waals surface area contributed by atoms with E-state index in [1.165, 1.54) is 5.56 Å². The van der Waals surface area contributed by atoms with E-state index in [-0.39, 0.29) is 6.10 Å². The Labute approximate surface area is 84.2 Å². The number of rotatable bonds is 3. The van der Waals surface area contributed by atoms with Crippen LogP contribution in [0.2, 0.25) is 0 Å². The molecule has 0 spiro atoms. The van der Waals surface area contributed by atoms with Gasteiger partial charge in [-0.1, -0.05) is 24.3 Å². The van der Waals surface area contributed by atoms with Crippen LogP contribution in [0, 0.1) is 0 Å². The molecule has 0 radical (unpaired) electrons. The quantitative estimate of drug-likeness (QED) is 0.680. The number of hydrogen-bond donors (Lipinski definition) is 0. The first-order chi connectivity index (χ1) is 6.88. The van der Waals surface area contributed by atoms with E-state index in [0.717, 1.165) is 18.8 Å².